The van der Waals surface area contributed by atoms with Crippen molar-refractivity contribution in [2.24, 2.45) is 0 Å². The smallest absolute Gasteiger partial charge is 0.392 e. The lowest BCUT2D eigenvalue weighted by atomic mass is 10.1. The number of hydrogen-bond acceptors (Lipinski definition) is 4. The number of para-hydroxylation sites is 1. The zero-order chi connectivity index (χ0) is 16.9. The molecule has 0 unspecified atom stereocenters. The van der Waals surface area contributed by atoms with E-state index in [0.29, 0.717) is 6.54 Å². The SMILES string of the molecule is O=C(OC[N+](=O)[O-])c1ccc2ccccc2[n+]1Cc1ccccc1. The molecule has 3 rings (SSSR count). The third kappa shape index (κ3) is 3.38. The summed E-state index contributed by atoms with van der Waals surface area (Å²) in [6, 6.07) is 20.8. The van der Waals surface area contributed by atoms with E-state index in [0.717, 1.165) is 16.5 Å². The van der Waals surface area contributed by atoms with Crippen molar-refractivity contribution < 1.29 is 19.0 Å². The highest BCUT2D eigenvalue weighted by molar-refractivity contribution is 5.88. The standard InChI is InChI=1S/C18H15N2O4/c21-18(24-13-20(22)23)17-11-10-15-8-4-5-9-16(15)19(17)12-14-6-2-1-3-7-14/h1-11H,12-13H2/q+1. The zero-order valence-corrected chi connectivity index (χ0v) is 12.8. The largest absolute Gasteiger partial charge is 0.408 e. The number of pyridine rings is 1. The summed E-state index contributed by atoms with van der Waals surface area (Å²) in [7, 11) is 0. The number of aromatic nitrogens is 1. The molecule has 0 N–H and O–H groups in total. The van der Waals surface area contributed by atoms with Crippen LogP contribution in [0.25, 0.3) is 10.9 Å². The number of nitrogens with zero attached hydrogens (tertiary/aromatic N) is 2. The van der Waals surface area contributed by atoms with Crippen molar-refractivity contribution in [3.63, 3.8) is 0 Å². The molecule has 2 aromatic carbocycles. The average molecular weight is 323 g/mol. The number of rotatable bonds is 5. The summed E-state index contributed by atoms with van der Waals surface area (Å²) >= 11 is 0. The van der Waals surface area contributed by atoms with Gasteiger partial charge in [0.2, 0.25) is 5.52 Å². The highest BCUT2D eigenvalue weighted by Crippen LogP contribution is 2.12. The second kappa shape index (κ2) is 6.87. The summed E-state index contributed by atoms with van der Waals surface area (Å²) in [5.74, 6) is -0.714. The van der Waals surface area contributed by atoms with E-state index in [1.807, 2.05) is 59.2 Å². The molecule has 120 valence electrons. The Hall–Kier alpha value is -3.28. The molecule has 6 nitrogen and oxygen atoms in total. The number of nitro groups is 1. The summed E-state index contributed by atoms with van der Waals surface area (Å²) in [6.07, 6.45) is 0. The molecule has 0 saturated heterocycles. The van der Waals surface area contributed by atoms with Gasteiger partial charge in [-0.25, -0.2) is 4.79 Å². The van der Waals surface area contributed by atoms with Crippen LogP contribution >= 0.6 is 0 Å². The number of benzene rings is 2. The first kappa shape index (κ1) is 15.6. The molecule has 0 saturated carbocycles. The second-order valence-electron chi connectivity index (χ2n) is 5.24. The summed E-state index contributed by atoms with van der Waals surface area (Å²) in [4.78, 5) is 22.0. The Bertz CT molecular complexity index is 894. The van der Waals surface area contributed by atoms with Gasteiger partial charge in [-0.15, -0.1) is 0 Å². The van der Waals surface area contributed by atoms with Crippen molar-refractivity contribution in [1.29, 1.82) is 0 Å². The van der Waals surface area contributed by atoms with E-state index in [9.17, 15) is 14.9 Å². The van der Waals surface area contributed by atoms with Crippen molar-refractivity contribution in [3.05, 3.63) is 88.1 Å². The Morgan fingerprint density at radius 1 is 1.00 bits per heavy atom. The molecule has 0 atom stereocenters. The van der Waals surface area contributed by atoms with Crippen LogP contribution in [0.2, 0.25) is 0 Å². The van der Waals surface area contributed by atoms with Crippen molar-refractivity contribution in [2.75, 3.05) is 6.73 Å². The van der Waals surface area contributed by atoms with Gasteiger partial charge in [0.15, 0.2) is 6.54 Å². The highest BCUT2D eigenvalue weighted by atomic mass is 16.7. The number of ether oxygens (including phenoxy) is 1. The van der Waals surface area contributed by atoms with Gasteiger partial charge in [0.1, 0.15) is 0 Å². The maximum atomic E-state index is 12.3. The maximum absolute atomic E-state index is 12.3. The minimum Gasteiger partial charge on any atom is -0.392 e. The number of esters is 1. The van der Waals surface area contributed by atoms with Gasteiger partial charge in [-0.2, -0.15) is 4.57 Å². The second-order valence-corrected chi connectivity index (χ2v) is 5.24. The first-order valence-corrected chi connectivity index (χ1v) is 7.39. The number of fused-ring (bicyclic) bond motifs is 1. The lowest BCUT2D eigenvalue weighted by Crippen LogP contribution is -2.42. The summed E-state index contributed by atoms with van der Waals surface area (Å²) in [6.45, 7) is -0.387. The Morgan fingerprint density at radius 3 is 2.46 bits per heavy atom. The molecule has 0 radical (unpaired) electrons. The molecule has 1 aromatic heterocycles. The van der Waals surface area contributed by atoms with Crippen molar-refractivity contribution in [1.82, 2.24) is 0 Å². The molecule has 3 aromatic rings. The predicted molar refractivity (Wildman–Crippen MR) is 87.0 cm³/mol. The van der Waals surface area contributed by atoms with E-state index in [1.54, 1.807) is 12.1 Å². The molecule has 24 heavy (non-hydrogen) atoms. The predicted octanol–water partition coefficient (Wildman–Crippen LogP) is 2.57. The van der Waals surface area contributed by atoms with Crippen LogP contribution < -0.4 is 4.57 Å². The van der Waals surface area contributed by atoms with Crippen molar-refractivity contribution in [2.45, 2.75) is 6.54 Å². The molecule has 0 amide bonds. The van der Waals surface area contributed by atoms with Crippen LogP contribution in [0.5, 0.6) is 0 Å². The van der Waals surface area contributed by atoms with E-state index < -0.39 is 17.6 Å². The Kier molecular flexibility index (Phi) is 4.47. The van der Waals surface area contributed by atoms with Crippen LogP contribution in [-0.2, 0) is 11.3 Å². The van der Waals surface area contributed by atoms with Crippen molar-refractivity contribution >= 4 is 16.9 Å². The molecule has 0 aliphatic rings. The van der Waals surface area contributed by atoms with Gasteiger partial charge in [0, 0.05) is 23.1 Å². The third-order valence-electron chi connectivity index (χ3n) is 3.63. The zero-order valence-electron chi connectivity index (χ0n) is 12.8. The Morgan fingerprint density at radius 2 is 1.71 bits per heavy atom. The quantitative estimate of drug-likeness (QED) is 0.238. The monoisotopic (exact) mass is 323 g/mol. The van der Waals surface area contributed by atoms with Crippen LogP contribution in [0.3, 0.4) is 0 Å². The van der Waals surface area contributed by atoms with Gasteiger partial charge >= 0.3 is 12.7 Å². The molecular formula is C18H15N2O4+. The van der Waals surface area contributed by atoms with Gasteiger partial charge in [0.05, 0.1) is 4.92 Å². The molecule has 0 aliphatic carbocycles. The van der Waals surface area contributed by atoms with Crippen LogP contribution in [0.1, 0.15) is 16.1 Å². The average Bonchev–Trinajstić information content (AvgIpc) is 2.61. The minimum atomic E-state index is -0.850. The van der Waals surface area contributed by atoms with Crippen LogP contribution in [0.4, 0.5) is 0 Å². The molecule has 0 aliphatic heterocycles. The first-order chi connectivity index (χ1) is 11.6. The van der Waals surface area contributed by atoms with Crippen LogP contribution in [0.15, 0.2) is 66.7 Å². The van der Waals surface area contributed by atoms with E-state index in [2.05, 4.69) is 0 Å². The minimum absolute atomic E-state index is 0.277. The molecule has 0 bridgehead atoms. The summed E-state index contributed by atoms with van der Waals surface area (Å²) < 4.78 is 6.57. The highest BCUT2D eigenvalue weighted by Gasteiger charge is 2.25. The molecular weight excluding hydrogens is 308 g/mol. The first-order valence-electron chi connectivity index (χ1n) is 7.39. The normalized spacial score (nSPS) is 10.5. The summed E-state index contributed by atoms with van der Waals surface area (Å²) in [5, 5.41) is 11.4. The Labute approximate surface area is 138 Å². The van der Waals surface area contributed by atoms with Gasteiger partial charge in [-0.3, -0.25) is 10.1 Å². The molecule has 1 heterocycles. The van der Waals surface area contributed by atoms with Crippen LogP contribution in [-0.4, -0.2) is 17.6 Å². The fourth-order valence-electron chi connectivity index (χ4n) is 2.56. The van der Waals surface area contributed by atoms with Gasteiger partial charge < -0.3 is 4.74 Å². The molecule has 0 fully saturated rings. The molecule has 6 heteroatoms. The van der Waals surface area contributed by atoms with Gasteiger partial charge in [-0.1, -0.05) is 42.5 Å². The van der Waals surface area contributed by atoms with E-state index >= 15 is 0 Å². The molecule has 0 spiro atoms. The number of carbonyl (C=O) groups excluding carboxylic acids is 1. The lowest BCUT2D eigenvalue weighted by molar-refractivity contribution is -0.665. The van der Waals surface area contributed by atoms with Crippen LogP contribution in [0, 0.1) is 10.1 Å². The fraction of sp³-hybridized carbons (Fsp3) is 0.111. The topological polar surface area (TPSA) is 73.3 Å². The van der Waals surface area contributed by atoms with E-state index in [1.165, 1.54) is 0 Å². The third-order valence-corrected chi connectivity index (χ3v) is 3.63. The summed E-state index contributed by atoms with van der Waals surface area (Å²) in [5.41, 5.74) is 2.15. The Balaban J connectivity index is 2.06. The number of hydrogen-bond donors (Lipinski definition) is 0. The van der Waals surface area contributed by atoms with Crippen molar-refractivity contribution in [3.8, 4) is 0 Å². The lowest BCUT2D eigenvalue weighted by Gasteiger charge is -2.06. The number of carbonyl (C=O) groups is 1. The van der Waals surface area contributed by atoms with E-state index in [4.69, 9.17) is 4.74 Å². The fourth-order valence-corrected chi connectivity index (χ4v) is 2.56. The van der Waals surface area contributed by atoms with E-state index in [-0.39, 0.29) is 5.69 Å². The maximum Gasteiger partial charge on any atom is 0.408 e. The van der Waals surface area contributed by atoms with Gasteiger partial charge in [-0.05, 0) is 12.1 Å². The van der Waals surface area contributed by atoms with Gasteiger partial charge in [0.25, 0.3) is 5.69 Å².